The summed E-state index contributed by atoms with van der Waals surface area (Å²) in [6.07, 6.45) is 4.47. The van der Waals surface area contributed by atoms with Crippen molar-refractivity contribution in [1.29, 1.82) is 0 Å². The van der Waals surface area contributed by atoms with Gasteiger partial charge in [0.15, 0.2) is 0 Å². The van der Waals surface area contributed by atoms with Gasteiger partial charge in [-0.1, -0.05) is 0 Å². The molecule has 0 bridgehead atoms. The van der Waals surface area contributed by atoms with Crippen molar-refractivity contribution in [2.24, 2.45) is 0 Å². The minimum absolute atomic E-state index is 0.336. The average Bonchev–Trinajstić information content (AvgIpc) is 3.27. The van der Waals surface area contributed by atoms with Crippen LogP contribution in [0.5, 0.6) is 5.75 Å². The Morgan fingerprint density at radius 2 is 1.90 bits per heavy atom. The van der Waals surface area contributed by atoms with E-state index in [0.29, 0.717) is 27.9 Å². The predicted octanol–water partition coefficient (Wildman–Crippen LogP) is 4.94. The number of fused-ring (bicyclic) bond motifs is 2. The molecule has 1 amide bonds. The molecule has 31 heavy (non-hydrogen) atoms. The molecule has 8 nitrogen and oxygen atoms in total. The van der Waals surface area contributed by atoms with E-state index < -0.39 is 11.7 Å². The Balaban J connectivity index is 1.74. The number of aromatic nitrogens is 3. The van der Waals surface area contributed by atoms with Crippen molar-refractivity contribution < 1.29 is 19.1 Å². The van der Waals surface area contributed by atoms with E-state index >= 15 is 0 Å². The van der Waals surface area contributed by atoms with E-state index in [4.69, 9.17) is 9.47 Å². The summed E-state index contributed by atoms with van der Waals surface area (Å²) in [5.41, 5.74) is 1.73. The van der Waals surface area contributed by atoms with E-state index in [1.165, 1.54) is 10.8 Å². The molecule has 0 atom stereocenters. The Bertz CT molecular complexity index is 1320. The summed E-state index contributed by atoms with van der Waals surface area (Å²) in [4.78, 5) is 25.9. The Kier molecular flexibility index (Phi) is 5.38. The maximum atomic E-state index is 13.2. The summed E-state index contributed by atoms with van der Waals surface area (Å²) in [6, 6.07) is 8.81. The third-order valence-corrected chi connectivity index (χ3v) is 5.41. The van der Waals surface area contributed by atoms with Crippen molar-refractivity contribution in [3.63, 3.8) is 0 Å². The number of nitrogens with one attached hydrogen (secondary N) is 1. The van der Waals surface area contributed by atoms with Gasteiger partial charge in [-0.05, 0) is 73.7 Å². The van der Waals surface area contributed by atoms with Crippen LogP contribution in [0.25, 0.3) is 16.4 Å². The van der Waals surface area contributed by atoms with Gasteiger partial charge in [-0.15, -0.1) is 0 Å². The Hall–Kier alpha value is -3.08. The summed E-state index contributed by atoms with van der Waals surface area (Å²) in [6.45, 7) is 5.38. The van der Waals surface area contributed by atoms with Gasteiger partial charge < -0.3 is 14.8 Å². The van der Waals surface area contributed by atoms with Gasteiger partial charge in [-0.2, -0.15) is 5.10 Å². The third-order valence-electron chi connectivity index (χ3n) is 4.58. The van der Waals surface area contributed by atoms with Gasteiger partial charge in [0.2, 0.25) is 0 Å². The maximum absolute atomic E-state index is 13.2. The number of methoxy groups -OCH3 is 1. The molecule has 0 fully saturated rings. The molecule has 0 spiro atoms. The maximum Gasteiger partial charge on any atom is 0.419 e. The zero-order valence-electron chi connectivity index (χ0n) is 17.5. The molecule has 160 valence electrons. The lowest BCUT2D eigenvalue weighted by Gasteiger charge is -2.19. The van der Waals surface area contributed by atoms with E-state index in [1.807, 2.05) is 6.07 Å². The lowest BCUT2D eigenvalue weighted by atomic mass is 10.1. The van der Waals surface area contributed by atoms with Crippen molar-refractivity contribution in [2.45, 2.75) is 26.4 Å². The number of hydrogen-bond acceptors (Lipinski definition) is 5. The highest BCUT2D eigenvalue weighted by molar-refractivity contribution is 14.1. The van der Waals surface area contributed by atoms with Crippen LogP contribution in [-0.2, 0) is 4.74 Å². The minimum Gasteiger partial charge on any atom is -0.497 e. The highest BCUT2D eigenvalue weighted by Gasteiger charge is 2.23. The van der Waals surface area contributed by atoms with Crippen LogP contribution >= 0.6 is 22.6 Å². The quantitative estimate of drug-likeness (QED) is 0.378. The van der Waals surface area contributed by atoms with Gasteiger partial charge in [0.05, 0.1) is 33.5 Å². The zero-order chi connectivity index (χ0) is 22.3. The van der Waals surface area contributed by atoms with E-state index in [9.17, 15) is 9.59 Å². The first-order valence-corrected chi connectivity index (χ1v) is 10.6. The average molecular weight is 532 g/mol. The highest BCUT2D eigenvalue weighted by Crippen LogP contribution is 2.28. The van der Waals surface area contributed by atoms with Crippen LogP contribution in [0, 0.1) is 3.57 Å². The third kappa shape index (κ3) is 4.22. The summed E-state index contributed by atoms with van der Waals surface area (Å²) in [5, 5.41) is 7.73. The van der Waals surface area contributed by atoms with Gasteiger partial charge in [0.25, 0.3) is 5.91 Å². The molecular weight excluding hydrogens is 511 g/mol. The fourth-order valence-corrected chi connectivity index (χ4v) is 3.73. The number of ether oxygens (including phenoxy) is 2. The van der Waals surface area contributed by atoms with Crippen LogP contribution in [-0.4, -0.2) is 38.9 Å². The predicted molar refractivity (Wildman–Crippen MR) is 126 cm³/mol. The van der Waals surface area contributed by atoms with Gasteiger partial charge in [-0.25, -0.2) is 9.31 Å². The Morgan fingerprint density at radius 3 is 2.61 bits per heavy atom. The number of benzene rings is 1. The van der Waals surface area contributed by atoms with Gasteiger partial charge >= 0.3 is 6.09 Å². The van der Waals surface area contributed by atoms with Crippen LogP contribution in [0.2, 0.25) is 0 Å². The van der Waals surface area contributed by atoms with Gasteiger partial charge in [0, 0.05) is 23.5 Å². The molecular formula is C22H21IN4O4. The SMILES string of the molecule is COc1ccc2c(c1)c(C(=O)Nc1ccn3ncc(I)c3c1)cn2C(=O)OC(C)(C)C. The summed E-state index contributed by atoms with van der Waals surface area (Å²) >= 11 is 2.19. The molecule has 0 saturated heterocycles. The van der Waals surface area contributed by atoms with Crippen LogP contribution < -0.4 is 10.1 Å². The number of rotatable bonds is 3. The lowest BCUT2D eigenvalue weighted by Crippen LogP contribution is -2.26. The molecule has 0 radical (unpaired) electrons. The van der Waals surface area contributed by atoms with Crippen molar-refractivity contribution in [3.05, 3.63) is 58.1 Å². The van der Waals surface area contributed by atoms with Gasteiger partial charge in [-0.3, -0.25) is 9.36 Å². The molecule has 3 aromatic heterocycles. The van der Waals surface area contributed by atoms with Crippen LogP contribution in [0.1, 0.15) is 31.1 Å². The molecule has 0 unspecified atom stereocenters. The monoisotopic (exact) mass is 532 g/mol. The molecule has 0 saturated carbocycles. The number of anilines is 1. The number of pyridine rings is 1. The fourth-order valence-electron chi connectivity index (χ4n) is 3.21. The lowest BCUT2D eigenvalue weighted by molar-refractivity contribution is 0.0544. The Morgan fingerprint density at radius 1 is 1.13 bits per heavy atom. The molecule has 0 aliphatic heterocycles. The standard InChI is InChI=1S/C22H21IN4O4/c1-22(2,3)31-21(29)26-12-16(15-10-14(30-4)5-6-18(15)26)20(28)25-13-7-8-27-19(9-13)17(23)11-24-27/h5-12H,1-4H3,(H,25,28). The second-order valence-electron chi connectivity index (χ2n) is 7.97. The first-order valence-electron chi connectivity index (χ1n) is 9.53. The second kappa shape index (κ2) is 7.88. The largest absolute Gasteiger partial charge is 0.497 e. The number of carbonyl (C=O) groups excluding carboxylic acids is 2. The number of nitrogens with zero attached hydrogens (tertiary/aromatic N) is 3. The van der Waals surface area contributed by atoms with E-state index in [-0.39, 0.29) is 5.91 Å². The second-order valence-corrected chi connectivity index (χ2v) is 9.13. The van der Waals surface area contributed by atoms with Crippen molar-refractivity contribution in [2.75, 3.05) is 12.4 Å². The van der Waals surface area contributed by atoms with Crippen molar-refractivity contribution in [1.82, 2.24) is 14.2 Å². The number of hydrogen-bond donors (Lipinski definition) is 1. The van der Waals surface area contributed by atoms with E-state index in [0.717, 1.165) is 9.09 Å². The van der Waals surface area contributed by atoms with Crippen molar-refractivity contribution in [3.8, 4) is 5.75 Å². The smallest absolute Gasteiger partial charge is 0.419 e. The minimum atomic E-state index is -0.666. The fraction of sp³-hybridized carbons (Fsp3) is 0.227. The van der Waals surface area contributed by atoms with E-state index in [2.05, 4.69) is 33.0 Å². The topological polar surface area (TPSA) is 86.9 Å². The molecule has 0 aliphatic carbocycles. The number of carbonyl (C=O) groups is 2. The molecule has 3 heterocycles. The first kappa shape index (κ1) is 21.2. The number of amides is 1. The molecule has 1 N–H and O–H groups in total. The summed E-state index contributed by atoms with van der Waals surface area (Å²) in [5.74, 6) is 0.234. The van der Waals surface area contributed by atoms with Crippen LogP contribution in [0.3, 0.4) is 0 Å². The molecule has 9 heteroatoms. The van der Waals surface area contributed by atoms with Gasteiger partial charge in [0.1, 0.15) is 11.4 Å². The van der Waals surface area contributed by atoms with E-state index in [1.54, 1.807) is 69.1 Å². The molecule has 0 aliphatic rings. The summed E-state index contributed by atoms with van der Waals surface area (Å²) < 4.78 is 14.9. The zero-order valence-corrected chi connectivity index (χ0v) is 19.6. The first-order chi connectivity index (χ1) is 14.7. The van der Waals surface area contributed by atoms with Crippen molar-refractivity contribution >= 4 is 56.7 Å². The molecule has 1 aromatic carbocycles. The summed E-state index contributed by atoms with van der Waals surface area (Å²) in [7, 11) is 1.55. The normalized spacial score (nSPS) is 11.6. The van der Waals surface area contributed by atoms with Crippen LogP contribution in [0.4, 0.5) is 10.5 Å². The Labute approximate surface area is 192 Å². The number of halogens is 1. The highest BCUT2D eigenvalue weighted by atomic mass is 127. The molecule has 4 rings (SSSR count). The van der Waals surface area contributed by atoms with Crippen LogP contribution in [0.15, 0.2) is 48.9 Å². The molecule has 4 aromatic rings.